The average molecular weight is 296 g/mol. The number of hydrogen-bond donors (Lipinski definition) is 0. The van der Waals surface area contributed by atoms with E-state index in [4.69, 9.17) is 4.74 Å². The summed E-state index contributed by atoms with van der Waals surface area (Å²) < 4.78 is 6.13. The van der Waals surface area contributed by atoms with Crippen LogP contribution in [-0.4, -0.2) is 59.8 Å². The predicted octanol–water partition coefficient (Wildman–Crippen LogP) is 3.39. The van der Waals surface area contributed by atoms with Crippen LogP contribution >= 0.6 is 0 Å². The van der Waals surface area contributed by atoms with Crippen LogP contribution in [0.3, 0.4) is 0 Å². The molecule has 0 amide bonds. The second-order valence-electron chi connectivity index (χ2n) is 9.00. The van der Waals surface area contributed by atoms with E-state index in [1.54, 1.807) is 0 Å². The molecule has 0 aromatic rings. The molecule has 0 bridgehead atoms. The number of rotatable bonds is 3. The van der Waals surface area contributed by atoms with Gasteiger partial charge in [-0.15, -0.1) is 0 Å². The molecule has 2 saturated heterocycles. The number of hydrogen-bond acceptors (Lipinski definition) is 3. The Morgan fingerprint density at radius 2 is 1.52 bits per heavy atom. The molecule has 3 nitrogen and oxygen atoms in total. The Bertz CT molecular complexity index is 321. The van der Waals surface area contributed by atoms with Crippen molar-refractivity contribution >= 4 is 0 Å². The Kier molecular flexibility index (Phi) is 5.38. The summed E-state index contributed by atoms with van der Waals surface area (Å²) in [4.78, 5) is 5.27. The fraction of sp³-hybridized carbons (Fsp3) is 1.00. The van der Waals surface area contributed by atoms with Gasteiger partial charge in [-0.25, -0.2) is 0 Å². The molecule has 0 spiro atoms. The molecule has 0 N–H and O–H groups in total. The monoisotopic (exact) mass is 296 g/mol. The van der Waals surface area contributed by atoms with Crippen molar-refractivity contribution in [3.63, 3.8) is 0 Å². The SMILES string of the molecule is CC(C)(C)OC1CCN(CC2CCN(C(C)(C)C)CC2)C1. The van der Waals surface area contributed by atoms with Crippen molar-refractivity contribution in [3.8, 4) is 0 Å². The largest absolute Gasteiger partial charge is 0.371 e. The second-order valence-corrected chi connectivity index (χ2v) is 9.00. The molecule has 0 radical (unpaired) electrons. The van der Waals surface area contributed by atoms with Gasteiger partial charge < -0.3 is 9.64 Å². The van der Waals surface area contributed by atoms with E-state index >= 15 is 0 Å². The second kappa shape index (κ2) is 6.55. The summed E-state index contributed by atoms with van der Waals surface area (Å²) in [6.07, 6.45) is 4.37. The standard InChI is InChI=1S/C18H36N2O/c1-17(2,3)20-11-7-15(8-12-20)13-19-10-9-16(14-19)21-18(4,5)6/h15-16H,7-14H2,1-6H3. The molecule has 0 aromatic heterocycles. The highest BCUT2D eigenvalue weighted by molar-refractivity contribution is 4.85. The molecular formula is C18H36N2O. The molecule has 124 valence electrons. The van der Waals surface area contributed by atoms with Crippen LogP contribution in [0.1, 0.15) is 60.8 Å². The van der Waals surface area contributed by atoms with Crippen LogP contribution in [-0.2, 0) is 4.74 Å². The smallest absolute Gasteiger partial charge is 0.0721 e. The van der Waals surface area contributed by atoms with Gasteiger partial charge in [0.1, 0.15) is 0 Å². The normalized spacial score (nSPS) is 27.4. The molecule has 2 heterocycles. The van der Waals surface area contributed by atoms with Crippen LogP contribution in [0, 0.1) is 5.92 Å². The first kappa shape index (κ1) is 17.2. The van der Waals surface area contributed by atoms with E-state index in [0.717, 1.165) is 12.5 Å². The lowest BCUT2D eigenvalue weighted by atomic mass is 9.92. The minimum absolute atomic E-state index is 0.00126. The lowest BCUT2D eigenvalue weighted by Crippen LogP contribution is -2.47. The lowest BCUT2D eigenvalue weighted by molar-refractivity contribution is -0.0545. The first-order valence-corrected chi connectivity index (χ1v) is 8.79. The minimum atomic E-state index is -0.00126. The van der Waals surface area contributed by atoms with E-state index < -0.39 is 0 Å². The number of piperidine rings is 1. The molecule has 2 aliphatic heterocycles. The maximum Gasteiger partial charge on any atom is 0.0721 e. The number of nitrogens with zero attached hydrogens (tertiary/aromatic N) is 2. The van der Waals surface area contributed by atoms with E-state index in [9.17, 15) is 0 Å². The third-order valence-electron chi connectivity index (χ3n) is 4.83. The Hall–Kier alpha value is -0.120. The van der Waals surface area contributed by atoms with Crippen LogP contribution in [0.4, 0.5) is 0 Å². The first-order chi connectivity index (χ1) is 9.63. The van der Waals surface area contributed by atoms with Gasteiger partial charge in [0.25, 0.3) is 0 Å². The molecule has 0 aliphatic carbocycles. The molecule has 0 saturated carbocycles. The first-order valence-electron chi connectivity index (χ1n) is 8.79. The van der Waals surface area contributed by atoms with Crippen LogP contribution < -0.4 is 0 Å². The van der Waals surface area contributed by atoms with Crippen LogP contribution in [0.15, 0.2) is 0 Å². The lowest BCUT2D eigenvalue weighted by Gasteiger charge is -2.41. The summed E-state index contributed by atoms with van der Waals surface area (Å²) in [5.41, 5.74) is 0.336. The van der Waals surface area contributed by atoms with Crippen molar-refractivity contribution in [1.29, 1.82) is 0 Å². The van der Waals surface area contributed by atoms with E-state index in [0.29, 0.717) is 11.6 Å². The van der Waals surface area contributed by atoms with Crippen LogP contribution in [0.5, 0.6) is 0 Å². The highest BCUT2D eigenvalue weighted by Crippen LogP contribution is 2.26. The maximum absolute atomic E-state index is 6.13. The molecule has 3 heteroatoms. The van der Waals surface area contributed by atoms with E-state index in [2.05, 4.69) is 51.3 Å². The minimum Gasteiger partial charge on any atom is -0.371 e. The summed E-state index contributed by atoms with van der Waals surface area (Å²) in [5.74, 6) is 0.886. The van der Waals surface area contributed by atoms with Gasteiger partial charge in [0.05, 0.1) is 11.7 Å². The van der Waals surface area contributed by atoms with Gasteiger partial charge in [-0.1, -0.05) is 0 Å². The zero-order valence-corrected chi connectivity index (χ0v) is 15.1. The van der Waals surface area contributed by atoms with E-state index in [-0.39, 0.29) is 5.60 Å². The van der Waals surface area contributed by atoms with Gasteiger partial charge in [0.2, 0.25) is 0 Å². The van der Waals surface area contributed by atoms with Crippen molar-refractivity contribution in [2.75, 3.05) is 32.7 Å². The summed E-state index contributed by atoms with van der Waals surface area (Å²) in [7, 11) is 0. The quantitative estimate of drug-likeness (QED) is 0.794. The third-order valence-corrected chi connectivity index (χ3v) is 4.83. The van der Waals surface area contributed by atoms with Gasteiger partial charge in [-0.3, -0.25) is 4.90 Å². The zero-order valence-electron chi connectivity index (χ0n) is 15.1. The highest BCUT2D eigenvalue weighted by Gasteiger charge is 2.31. The average Bonchev–Trinajstić information content (AvgIpc) is 2.73. The zero-order chi connectivity index (χ0) is 15.7. The molecule has 21 heavy (non-hydrogen) atoms. The maximum atomic E-state index is 6.13. The summed E-state index contributed by atoms with van der Waals surface area (Å²) in [6, 6.07) is 0. The van der Waals surface area contributed by atoms with E-state index in [1.807, 2.05) is 0 Å². The highest BCUT2D eigenvalue weighted by atomic mass is 16.5. The number of likely N-dealkylation sites (tertiary alicyclic amines) is 2. The Morgan fingerprint density at radius 1 is 0.905 bits per heavy atom. The van der Waals surface area contributed by atoms with E-state index in [1.165, 1.54) is 45.4 Å². The molecule has 1 atom stereocenters. The predicted molar refractivity (Wildman–Crippen MR) is 89.7 cm³/mol. The molecule has 2 rings (SSSR count). The fourth-order valence-corrected chi connectivity index (χ4v) is 3.71. The summed E-state index contributed by atoms with van der Waals surface area (Å²) >= 11 is 0. The Balaban J connectivity index is 1.70. The number of ether oxygens (including phenoxy) is 1. The Morgan fingerprint density at radius 3 is 2.05 bits per heavy atom. The third kappa shape index (κ3) is 5.54. The van der Waals surface area contributed by atoms with Gasteiger partial charge in [0.15, 0.2) is 0 Å². The fourth-order valence-electron chi connectivity index (χ4n) is 3.71. The van der Waals surface area contributed by atoms with Crippen molar-refractivity contribution in [2.45, 2.75) is 78.0 Å². The summed E-state index contributed by atoms with van der Waals surface area (Å²) in [6.45, 7) is 19.7. The van der Waals surface area contributed by atoms with Crippen molar-refractivity contribution in [1.82, 2.24) is 9.80 Å². The Labute approximate surface area is 132 Å². The van der Waals surface area contributed by atoms with Gasteiger partial charge in [-0.2, -0.15) is 0 Å². The molecular weight excluding hydrogens is 260 g/mol. The van der Waals surface area contributed by atoms with Crippen molar-refractivity contribution in [2.24, 2.45) is 5.92 Å². The van der Waals surface area contributed by atoms with Crippen molar-refractivity contribution in [3.05, 3.63) is 0 Å². The van der Waals surface area contributed by atoms with Gasteiger partial charge in [0, 0.05) is 25.2 Å². The molecule has 1 unspecified atom stereocenters. The molecule has 0 aromatic carbocycles. The molecule has 2 fully saturated rings. The molecule has 2 aliphatic rings. The van der Waals surface area contributed by atoms with Gasteiger partial charge in [-0.05, 0) is 79.8 Å². The van der Waals surface area contributed by atoms with Crippen LogP contribution in [0.2, 0.25) is 0 Å². The van der Waals surface area contributed by atoms with Crippen LogP contribution in [0.25, 0.3) is 0 Å². The topological polar surface area (TPSA) is 15.7 Å². The summed E-state index contributed by atoms with van der Waals surface area (Å²) in [5, 5.41) is 0. The van der Waals surface area contributed by atoms with Crippen molar-refractivity contribution < 1.29 is 4.74 Å². The van der Waals surface area contributed by atoms with Gasteiger partial charge >= 0.3 is 0 Å².